The average Bonchev–Trinajstić information content (AvgIpc) is 2.95. The van der Waals surface area contributed by atoms with E-state index in [-0.39, 0.29) is 0 Å². The number of aromatic nitrogens is 2. The zero-order valence-electron chi connectivity index (χ0n) is 12.1. The van der Waals surface area contributed by atoms with Crippen molar-refractivity contribution in [1.29, 1.82) is 0 Å². The summed E-state index contributed by atoms with van der Waals surface area (Å²) in [5, 5.41) is 3.31. The van der Waals surface area contributed by atoms with Crippen LogP contribution in [0.1, 0.15) is 17.0 Å². The lowest BCUT2D eigenvalue weighted by molar-refractivity contribution is 0.573. The van der Waals surface area contributed by atoms with E-state index in [1.165, 1.54) is 5.56 Å². The summed E-state index contributed by atoms with van der Waals surface area (Å²) in [7, 11) is 0. The number of hydrogen-bond acceptors (Lipinski definition) is 4. The van der Waals surface area contributed by atoms with Crippen molar-refractivity contribution in [2.24, 2.45) is 0 Å². The molecule has 1 aromatic carbocycles. The van der Waals surface area contributed by atoms with Crippen molar-refractivity contribution in [3.63, 3.8) is 0 Å². The van der Waals surface area contributed by atoms with Crippen molar-refractivity contribution < 1.29 is 4.42 Å². The van der Waals surface area contributed by atoms with Gasteiger partial charge >= 0.3 is 0 Å². The molecule has 0 aliphatic carbocycles. The molecule has 4 heteroatoms. The monoisotopic (exact) mass is 279 g/mol. The minimum absolute atomic E-state index is 0.624. The first-order chi connectivity index (χ1) is 10.2. The fourth-order valence-corrected chi connectivity index (χ4v) is 2.07. The number of aryl methyl sites for hydroxylation is 2. The Labute approximate surface area is 123 Å². The molecule has 21 heavy (non-hydrogen) atoms. The van der Waals surface area contributed by atoms with Crippen molar-refractivity contribution >= 4 is 5.69 Å². The molecule has 0 bridgehead atoms. The van der Waals surface area contributed by atoms with E-state index in [4.69, 9.17) is 4.42 Å². The molecule has 0 radical (unpaired) electrons. The molecule has 106 valence electrons. The first-order valence-electron chi connectivity index (χ1n) is 6.89. The molecule has 0 fully saturated rings. The Balaban J connectivity index is 1.69. The van der Waals surface area contributed by atoms with Crippen molar-refractivity contribution in [3.8, 4) is 11.5 Å². The van der Waals surface area contributed by atoms with E-state index in [2.05, 4.69) is 34.3 Å². The smallest absolute Gasteiger partial charge is 0.226 e. The SMILES string of the molecule is Cc1ccc(-c2nc(CNc3ccnc(C)c3)co2)cc1. The Morgan fingerprint density at radius 2 is 1.90 bits per heavy atom. The zero-order valence-corrected chi connectivity index (χ0v) is 12.1. The van der Waals surface area contributed by atoms with Crippen LogP contribution in [-0.4, -0.2) is 9.97 Å². The quantitative estimate of drug-likeness (QED) is 0.785. The molecule has 0 saturated carbocycles. The normalized spacial score (nSPS) is 10.6. The highest BCUT2D eigenvalue weighted by Crippen LogP contribution is 2.19. The summed E-state index contributed by atoms with van der Waals surface area (Å²) in [6.45, 7) is 4.65. The molecule has 1 N–H and O–H groups in total. The maximum atomic E-state index is 5.54. The molecule has 0 spiro atoms. The van der Waals surface area contributed by atoms with E-state index in [0.29, 0.717) is 12.4 Å². The van der Waals surface area contributed by atoms with Crippen LogP contribution in [0, 0.1) is 13.8 Å². The lowest BCUT2D eigenvalue weighted by Crippen LogP contribution is -2.00. The molecule has 4 nitrogen and oxygen atoms in total. The third kappa shape index (κ3) is 3.28. The van der Waals surface area contributed by atoms with E-state index >= 15 is 0 Å². The minimum atomic E-state index is 0.624. The van der Waals surface area contributed by atoms with Gasteiger partial charge in [0.1, 0.15) is 6.26 Å². The highest BCUT2D eigenvalue weighted by Gasteiger charge is 2.06. The Bertz CT molecular complexity index is 732. The zero-order chi connectivity index (χ0) is 14.7. The molecular weight excluding hydrogens is 262 g/mol. The van der Waals surface area contributed by atoms with Crippen LogP contribution in [0.4, 0.5) is 5.69 Å². The lowest BCUT2D eigenvalue weighted by atomic mass is 10.1. The average molecular weight is 279 g/mol. The van der Waals surface area contributed by atoms with E-state index in [9.17, 15) is 0 Å². The van der Waals surface area contributed by atoms with Gasteiger partial charge in [-0.05, 0) is 38.1 Å². The van der Waals surface area contributed by atoms with Crippen LogP contribution in [0.25, 0.3) is 11.5 Å². The summed E-state index contributed by atoms with van der Waals surface area (Å²) in [6.07, 6.45) is 3.48. The van der Waals surface area contributed by atoms with Gasteiger partial charge in [0.25, 0.3) is 0 Å². The van der Waals surface area contributed by atoms with Gasteiger partial charge in [0.2, 0.25) is 5.89 Å². The summed E-state index contributed by atoms with van der Waals surface area (Å²) in [6, 6.07) is 12.1. The van der Waals surface area contributed by atoms with Crippen LogP contribution in [0.5, 0.6) is 0 Å². The van der Waals surface area contributed by atoms with E-state index in [1.807, 2.05) is 31.2 Å². The van der Waals surface area contributed by atoms with Crippen LogP contribution in [0.15, 0.2) is 53.3 Å². The van der Waals surface area contributed by atoms with Gasteiger partial charge in [-0.2, -0.15) is 0 Å². The lowest BCUT2D eigenvalue weighted by Gasteiger charge is -2.03. The molecule has 0 aliphatic rings. The van der Waals surface area contributed by atoms with Gasteiger partial charge in [-0.1, -0.05) is 17.7 Å². The van der Waals surface area contributed by atoms with E-state index in [0.717, 1.165) is 22.6 Å². The molecule has 0 aliphatic heterocycles. The third-order valence-electron chi connectivity index (χ3n) is 3.22. The van der Waals surface area contributed by atoms with Crippen LogP contribution in [0.2, 0.25) is 0 Å². The predicted octanol–water partition coefficient (Wildman–Crippen LogP) is 3.97. The first-order valence-corrected chi connectivity index (χ1v) is 6.89. The number of nitrogens with one attached hydrogen (secondary N) is 1. The molecule has 2 heterocycles. The number of anilines is 1. The second kappa shape index (κ2) is 5.79. The Morgan fingerprint density at radius 3 is 2.67 bits per heavy atom. The highest BCUT2D eigenvalue weighted by atomic mass is 16.3. The molecule has 0 saturated heterocycles. The van der Waals surface area contributed by atoms with Crippen LogP contribution >= 0.6 is 0 Å². The van der Waals surface area contributed by atoms with Gasteiger partial charge < -0.3 is 9.73 Å². The molecule has 2 aromatic heterocycles. The second-order valence-corrected chi connectivity index (χ2v) is 5.05. The van der Waals surface area contributed by atoms with Gasteiger partial charge in [0, 0.05) is 23.1 Å². The van der Waals surface area contributed by atoms with Gasteiger partial charge in [-0.15, -0.1) is 0 Å². The Kier molecular flexibility index (Phi) is 3.69. The van der Waals surface area contributed by atoms with Crippen LogP contribution < -0.4 is 5.32 Å². The van der Waals surface area contributed by atoms with Crippen molar-refractivity contribution in [3.05, 3.63) is 65.8 Å². The number of hydrogen-bond donors (Lipinski definition) is 1. The predicted molar refractivity (Wildman–Crippen MR) is 83.0 cm³/mol. The third-order valence-corrected chi connectivity index (χ3v) is 3.22. The second-order valence-electron chi connectivity index (χ2n) is 5.05. The van der Waals surface area contributed by atoms with Crippen molar-refractivity contribution in [1.82, 2.24) is 9.97 Å². The molecule has 0 amide bonds. The van der Waals surface area contributed by atoms with Gasteiger partial charge in [-0.25, -0.2) is 4.98 Å². The van der Waals surface area contributed by atoms with Crippen molar-refractivity contribution in [2.75, 3.05) is 5.32 Å². The Hall–Kier alpha value is -2.62. The number of pyridine rings is 1. The van der Waals surface area contributed by atoms with E-state index in [1.54, 1.807) is 12.5 Å². The number of oxazole rings is 1. The number of nitrogens with zero attached hydrogens (tertiary/aromatic N) is 2. The molecule has 0 unspecified atom stereocenters. The number of benzene rings is 1. The summed E-state index contributed by atoms with van der Waals surface area (Å²) in [5.41, 5.74) is 5.11. The van der Waals surface area contributed by atoms with Crippen molar-refractivity contribution in [2.45, 2.75) is 20.4 Å². The molecule has 0 atom stereocenters. The molecular formula is C17H17N3O. The van der Waals surface area contributed by atoms with Crippen LogP contribution in [0.3, 0.4) is 0 Å². The topological polar surface area (TPSA) is 51.0 Å². The maximum absolute atomic E-state index is 5.54. The first kappa shape index (κ1) is 13.4. The fraction of sp³-hybridized carbons (Fsp3) is 0.176. The minimum Gasteiger partial charge on any atom is -0.444 e. The maximum Gasteiger partial charge on any atom is 0.226 e. The summed E-state index contributed by atoms with van der Waals surface area (Å²) in [4.78, 5) is 8.67. The molecule has 3 rings (SSSR count). The van der Waals surface area contributed by atoms with E-state index < -0.39 is 0 Å². The summed E-state index contributed by atoms with van der Waals surface area (Å²) in [5.74, 6) is 0.651. The molecule has 3 aromatic rings. The standard InChI is InChI=1S/C17H17N3O/c1-12-3-5-14(6-4-12)17-20-16(11-21-17)10-19-15-7-8-18-13(2)9-15/h3-9,11H,10H2,1-2H3,(H,18,19). The highest BCUT2D eigenvalue weighted by molar-refractivity contribution is 5.53. The summed E-state index contributed by atoms with van der Waals surface area (Å²) >= 11 is 0. The summed E-state index contributed by atoms with van der Waals surface area (Å²) < 4.78 is 5.54. The largest absolute Gasteiger partial charge is 0.444 e. The fourth-order valence-electron chi connectivity index (χ4n) is 2.07. The Morgan fingerprint density at radius 1 is 1.10 bits per heavy atom. The van der Waals surface area contributed by atoms with Gasteiger partial charge in [0.05, 0.1) is 12.2 Å². The van der Waals surface area contributed by atoms with Gasteiger partial charge in [-0.3, -0.25) is 4.98 Å². The number of rotatable bonds is 4. The van der Waals surface area contributed by atoms with Gasteiger partial charge in [0.15, 0.2) is 0 Å². The van der Waals surface area contributed by atoms with Crippen LogP contribution in [-0.2, 0) is 6.54 Å².